The van der Waals surface area contributed by atoms with Crippen LogP contribution in [0.5, 0.6) is 0 Å². The van der Waals surface area contributed by atoms with E-state index in [9.17, 15) is 0 Å². The molecule has 0 saturated heterocycles. The Morgan fingerprint density at radius 3 is 2.71 bits per heavy atom. The first-order valence-corrected chi connectivity index (χ1v) is 7.82. The van der Waals surface area contributed by atoms with Crippen LogP contribution in [-0.4, -0.2) is 9.55 Å². The number of halogens is 1. The number of hydrogen-bond acceptors (Lipinski definition) is 3. The first-order valence-electron chi connectivity index (χ1n) is 7.03. The second kappa shape index (κ2) is 5.66. The number of nitrogens with two attached hydrogens (primary N) is 1. The number of fused-ring (bicyclic) bond motifs is 1. The Morgan fingerprint density at radius 2 is 2.10 bits per heavy atom. The van der Waals surface area contributed by atoms with Crippen LogP contribution in [0.2, 0.25) is 0 Å². The van der Waals surface area contributed by atoms with E-state index < -0.39 is 0 Å². The van der Waals surface area contributed by atoms with Gasteiger partial charge >= 0.3 is 0 Å². The maximum Gasteiger partial charge on any atom is 0.177 e. The molecule has 0 aliphatic heterocycles. The van der Waals surface area contributed by atoms with E-state index >= 15 is 0 Å². The van der Waals surface area contributed by atoms with E-state index in [4.69, 9.17) is 15.1 Å². The highest BCUT2D eigenvalue weighted by atomic mass is 79.9. The first-order chi connectivity index (χ1) is 10.1. The molecule has 0 radical (unpaired) electrons. The van der Waals surface area contributed by atoms with Crippen molar-refractivity contribution in [3.63, 3.8) is 0 Å². The molecule has 5 heteroatoms. The number of benzene rings is 1. The van der Waals surface area contributed by atoms with Crippen molar-refractivity contribution >= 4 is 27.0 Å². The Labute approximate surface area is 132 Å². The van der Waals surface area contributed by atoms with Gasteiger partial charge in [-0.15, -0.1) is 0 Å². The van der Waals surface area contributed by atoms with Crippen LogP contribution >= 0.6 is 15.9 Å². The van der Waals surface area contributed by atoms with Gasteiger partial charge in [-0.05, 0) is 51.7 Å². The number of imidazole rings is 1. The van der Waals surface area contributed by atoms with Gasteiger partial charge in [-0.1, -0.05) is 19.9 Å². The third-order valence-electron chi connectivity index (χ3n) is 3.39. The Morgan fingerprint density at radius 1 is 1.29 bits per heavy atom. The summed E-state index contributed by atoms with van der Waals surface area (Å²) in [4.78, 5) is 4.75. The van der Waals surface area contributed by atoms with Gasteiger partial charge in [-0.25, -0.2) is 4.98 Å². The number of nitrogens with zero attached hydrogens (tertiary/aromatic N) is 2. The fraction of sp³-hybridized carbons (Fsp3) is 0.312. The van der Waals surface area contributed by atoms with E-state index in [0.29, 0.717) is 17.1 Å². The van der Waals surface area contributed by atoms with Crippen LogP contribution in [0.4, 0.5) is 0 Å². The maximum atomic E-state index is 5.72. The van der Waals surface area contributed by atoms with Crippen molar-refractivity contribution in [2.75, 3.05) is 0 Å². The lowest BCUT2D eigenvalue weighted by Crippen LogP contribution is -2.06. The molecule has 2 heterocycles. The summed E-state index contributed by atoms with van der Waals surface area (Å²) < 4.78 is 8.61. The minimum Gasteiger partial charge on any atom is -0.446 e. The molecule has 0 saturated carbocycles. The molecule has 0 aliphatic rings. The summed E-state index contributed by atoms with van der Waals surface area (Å²) in [7, 11) is 0. The second-order valence-corrected chi connectivity index (χ2v) is 6.35. The van der Waals surface area contributed by atoms with Crippen molar-refractivity contribution in [2.45, 2.75) is 26.9 Å². The van der Waals surface area contributed by atoms with E-state index in [1.54, 1.807) is 0 Å². The predicted molar refractivity (Wildman–Crippen MR) is 87.9 cm³/mol. The van der Waals surface area contributed by atoms with Crippen LogP contribution in [0, 0.1) is 5.92 Å². The van der Waals surface area contributed by atoms with Gasteiger partial charge in [-0.2, -0.15) is 0 Å². The standard InChI is InChI=1S/C16H18BrN3O/c1-10(2)9-20-13-4-3-11(8-18)7-12(13)19-16(20)14-5-6-15(17)21-14/h3-7,10H,8-9,18H2,1-2H3. The van der Waals surface area contributed by atoms with E-state index in [1.807, 2.05) is 18.2 Å². The summed E-state index contributed by atoms with van der Waals surface area (Å²) in [5.41, 5.74) is 8.88. The number of aromatic nitrogens is 2. The molecule has 1 aromatic carbocycles. The van der Waals surface area contributed by atoms with E-state index in [1.165, 1.54) is 0 Å². The van der Waals surface area contributed by atoms with Gasteiger partial charge < -0.3 is 14.7 Å². The lowest BCUT2D eigenvalue weighted by atomic mass is 10.2. The molecule has 2 N–H and O–H groups in total. The largest absolute Gasteiger partial charge is 0.446 e. The molecule has 3 rings (SSSR count). The smallest absolute Gasteiger partial charge is 0.177 e. The van der Waals surface area contributed by atoms with Crippen LogP contribution in [0.1, 0.15) is 19.4 Å². The molecule has 3 aromatic rings. The van der Waals surface area contributed by atoms with Crippen LogP contribution in [-0.2, 0) is 13.1 Å². The SMILES string of the molecule is CC(C)Cn1c(-c2ccc(Br)o2)nc2cc(CN)ccc21. The van der Waals surface area contributed by atoms with Crippen molar-refractivity contribution in [3.8, 4) is 11.6 Å². The molecule has 0 atom stereocenters. The lowest BCUT2D eigenvalue weighted by Gasteiger charge is -2.10. The summed E-state index contributed by atoms with van der Waals surface area (Å²) >= 11 is 3.35. The lowest BCUT2D eigenvalue weighted by molar-refractivity contribution is 0.515. The van der Waals surface area contributed by atoms with Crippen LogP contribution in [0.3, 0.4) is 0 Å². The van der Waals surface area contributed by atoms with Gasteiger partial charge in [0.25, 0.3) is 0 Å². The van der Waals surface area contributed by atoms with Crippen molar-refractivity contribution in [1.29, 1.82) is 0 Å². The summed E-state index contributed by atoms with van der Waals surface area (Å²) in [6, 6.07) is 10.0. The minimum atomic E-state index is 0.522. The summed E-state index contributed by atoms with van der Waals surface area (Å²) in [5.74, 6) is 2.15. The highest BCUT2D eigenvalue weighted by Gasteiger charge is 2.16. The number of furan rings is 1. The molecule has 0 spiro atoms. The molecule has 0 aliphatic carbocycles. The summed E-state index contributed by atoms with van der Waals surface area (Å²) in [6.45, 7) is 5.81. The Bertz CT molecular complexity index is 773. The molecule has 0 amide bonds. The molecule has 0 fully saturated rings. The normalized spacial score (nSPS) is 11.7. The molecular formula is C16H18BrN3O. The fourth-order valence-corrected chi connectivity index (χ4v) is 2.78. The number of hydrogen-bond donors (Lipinski definition) is 1. The van der Waals surface area contributed by atoms with Gasteiger partial charge in [-0.3, -0.25) is 0 Å². The third kappa shape index (κ3) is 2.76. The van der Waals surface area contributed by atoms with Crippen molar-refractivity contribution < 1.29 is 4.42 Å². The first kappa shape index (κ1) is 14.4. The third-order valence-corrected chi connectivity index (χ3v) is 3.82. The molecule has 0 unspecified atom stereocenters. The molecule has 0 bridgehead atoms. The Balaban J connectivity index is 2.21. The minimum absolute atomic E-state index is 0.522. The quantitative estimate of drug-likeness (QED) is 0.770. The van der Waals surface area contributed by atoms with E-state index in [0.717, 1.165) is 34.7 Å². The zero-order valence-corrected chi connectivity index (χ0v) is 13.7. The highest BCUT2D eigenvalue weighted by molar-refractivity contribution is 9.10. The highest BCUT2D eigenvalue weighted by Crippen LogP contribution is 2.29. The molecular weight excluding hydrogens is 330 g/mol. The molecule has 110 valence electrons. The topological polar surface area (TPSA) is 57.0 Å². The van der Waals surface area contributed by atoms with Crippen LogP contribution < -0.4 is 5.73 Å². The maximum absolute atomic E-state index is 5.72. The van der Waals surface area contributed by atoms with Crippen molar-refractivity contribution in [3.05, 3.63) is 40.6 Å². The zero-order valence-electron chi connectivity index (χ0n) is 12.1. The average molecular weight is 348 g/mol. The Hall–Kier alpha value is -1.59. The number of rotatable bonds is 4. The van der Waals surface area contributed by atoms with Crippen LogP contribution in [0.15, 0.2) is 39.4 Å². The fourth-order valence-electron chi connectivity index (χ4n) is 2.47. The van der Waals surface area contributed by atoms with Gasteiger partial charge in [0.1, 0.15) is 0 Å². The van der Waals surface area contributed by atoms with E-state index in [-0.39, 0.29) is 0 Å². The monoisotopic (exact) mass is 347 g/mol. The molecule has 21 heavy (non-hydrogen) atoms. The summed E-state index contributed by atoms with van der Waals surface area (Å²) in [6.07, 6.45) is 0. The molecule has 2 aromatic heterocycles. The second-order valence-electron chi connectivity index (χ2n) is 5.57. The zero-order chi connectivity index (χ0) is 15.0. The van der Waals surface area contributed by atoms with E-state index in [2.05, 4.69) is 46.5 Å². The van der Waals surface area contributed by atoms with Crippen LogP contribution in [0.25, 0.3) is 22.6 Å². The predicted octanol–water partition coefficient (Wildman–Crippen LogP) is 4.17. The van der Waals surface area contributed by atoms with Gasteiger partial charge in [0.2, 0.25) is 0 Å². The van der Waals surface area contributed by atoms with Crippen molar-refractivity contribution in [1.82, 2.24) is 9.55 Å². The Kier molecular flexibility index (Phi) is 3.87. The van der Waals surface area contributed by atoms with Crippen molar-refractivity contribution in [2.24, 2.45) is 11.7 Å². The van der Waals surface area contributed by atoms with Gasteiger partial charge in [0.05, 0.1) is 11.0 Å². The van der Waals surface area contributed by atoms with Gasteiger partial charge in [0, 0.05) is 13.1 Å². The summed E-state index contributed by atoms with van der Waals surface area (Å²) in [5, 5.41) is 0. The average Bonchev–Trinajstić information content (AvgIpc) is 3.02. The van der Waals surface area contributed by atoms with Gasteiger partial charge in [0.15, 0.2) is 16.3 Å². The molecule has 4 nitrogen and oxygen atoms in total.